The molecule has 0 bridgehead atoms. The molecule has 0 aliphatic carbocycles. The number of nitrogens with zero attached hydrogens (tertiary/aromatic N) is 4. The molecule has 1 aromatic rings. The molecule has 4 nitrogen and oxygen atoms in total. The third-order valence-corrected chi connectivity index (χ3v) is 2.57. The van der Waals surface area contributed by atoms with Gasteiger partial charge in [0.25, 0.3) is 0 Å². The minimum Gasteiger partial charge on any atom is -0.356 e. The number of hydrogen-bond donors (Lipinski definition) is 0. The van der Waals surface area contributed by atoms with Crippen molar-refractivity contribution < 1.29 is 0 Å². The van der Waals surface area contributed by atoms with Crippen LogP contribution in [0.1, 0.15) is 32.0 Å². The zero-order valence-corrected chi connectivity index (χ0v) is 10.8. The van der Waals surface area contributed by atoms with Gasteiger partial charge in [-0.1, -0.05) is 13.8 Å². The molecule has 0 radical (unpaired) electrons. The molecule has 0 amide bonds. The Kier molecular flexibility index (Phi) is 3.94. The Morgan fingerprint density at radius 2 is 2.12 bits per heavy atom. The molecule has 16 heavy (non-hydrogen) atoms. The third-order valence-electron chi connectivity index (χ3n) is 2.57. The fraction of sp³-hybridized carbons (Fsp3) is 0.667. The molecule has 1 aromatic heterocycles. The molecule has 0 aliphatic rings. The van der Waals surface area contributed by atoms with E-state index in [4.69, 9.17) is 5.26 Å². The van der Waals surface area contributed by atoms with Crippen LogP contribution in [0.2, 0.25) is 0 Å². The topological polar surface area (TPSA) is 44.9 Å². The van der Waals surface area contributed by atoms with Gasteiger partial charge in [0.1, 0.15) is 17.5 Å². The van der Waals surface area contributed by atoms with E-state index in [9.17, 15) is 0 Å². The second-order valence-corrected chi connectivity index (χ2v) is 4.45. The Morgan fingerprint density at radius 1 is 1.50 bits per heavy atom. The summed E-state index contributed by atoms with van der Waals surface area (Å²) in [7, 11) is 1.90. The van der Waals surface area contributed by atoms with E-state index in [2.05, 4.69) is 36.8 Å². The van der Waals surface area contributed by atoms with E-state index in [-0.39, 0.29) is 0 Å². The molecular formula is C12H20N4. The average molecular weight is 220 g/mol. The van der Waals surface area contributed by atoms with Gasteiger partial charge in [-0.15, -0.1) is 0 Å². The fourth-order valence-electron chi connectivity index (χ4n) is 1.95. The lowest BCUT2D eigenvalue weighted by Crippen LogP contribution is -2.29. The smallest absolute Gasteiger partial charge is 0.144 e. The van der Waals surface area contributed by atoms with Crippen molar-refractivity contribution in [3.8, 4) is 6.07 Å². The van der Waals surface area contributed by atoms with Crippen LogP contribution >= 0.6 is 0 Å². The van der Waals surface area contributed by atoms with Gasteiger partial charge in [0.15, 0.2) is 0 Å². The summed E-state index contributed by atoms with van der Waals surface area (Å²) in [6.45, 7) is 10.2. The zero-order chi connectivity index (χ0) is 12.3. The van der Waals surface area contributed by atoms with E-state index < -0.39 is 0 Å². The first-order valence-corrected chi connectivity index (χ1v) is 5.69. The highest BCUT2D eigenvalue weighted by Gasteiger charge is 2.18. The van der Waals surface area contributed by atoms with Crippen molar-refractivity contribution in [1.29, 1.82) is 5.26 Å². The van der Waals surface area contributed by atoms with E-state index >= 15 is 0 Å². The van der Waals surface area contributed by atoms with Crippen LogP contribution in [0.4, 0.5) is 5.82 Å². The summed E-state index contributed by atoms with van der Waals surface area (Å²) in [6.07, 6.45) is 0. The molecule has 0 aromatic carbocycles. The van der Waals surface area contributed by atoms with Gasteiger partial charge in [-0.3, -0.25) is 4.68 Å². The number of rotatable bonds is 4. The third kappa shape index (κ3) is 2.35. The second-order valence-electron chi connectivity index (χ2n) is 4.45. The molecule has 1 heterocycles. The molecule has 0 N–H and O–H groups in total. The number of hydrogen-bond acceptors (Lipinski definition) is 3. The van der Waals surface area contributed by atoms with Crippen LogP contribution in [-0.2, 0) is 7.05 Å². The minimum absolute atomic E-state index is 0.571. The predicted molar refractivity (Wildman–Crippen MR) is 65.4 cm³/mol. The van der Waals surface area contributed by atoms with Crippen LogP contribution < -0.4 is 4.90 Å². The number of aromatic nitrogens is 2. The zero-order valence-electron chi connectivity index (χ0n) is 10.8. The largest absolute Gasteiger partial charge is 0.356 e. The van der Waals surface area contributed by atoms with Gasteiger partial charge in [0, 0.05) is 20.1 Å². The Balaban J connectivity index is 3.14. The number of anilines is 1. The van der Waals surface area contributed by atoms with Crippen LogP contribution in [0.5, 0.6) is 0 Å². The van der Waals surface area contributed by atoms with E-state index in [0.717, 1.165) is 24.6 Å². The summed E-state index contributed by atoms with van der Waals surface area (Å²) in [4.78, 5) is 2.21. The van der Waals surface area contributed by atoms with Crippen molar-refractivity contribution in [3.63, 3.8) is 0 Å². The quantitative estimate of drug-likeness (QED) is 0.780. The molecule has 0 atom stereocenters. The van der Waals surface area contributed by atoms with Crippen LogP contribution in [0.3, 0.4) is 0 Å². The molecule has 4 heteroatoms. The highest BCUT2D eigenvalue weighted by molar-refractivity contribution is 5.56. The highest BCUT2D eigenvalue weighted by atomic mass is 15.4. The Hall–Kier alpha value is -1.50. The lowest BCUT2D eigenvalue weighted by molar-refractivity contribution is 0.599. The standard InChI is InChI=1S/C12H20N4/c1-6-16(8-9(2)3)12-11(7-13)10(4)14-15(12)5/h9H,6,8H2,1-5H3. The number of aryl methyl sites for hydroxylation is 2. The summed E-state index contributed by atoms with van der Waals surface area (Å²) < 4.78 is 1.81. The lowest BCUT2D eigenvalue weighted by Gasteiger charge is -2.25. The van der Waals surface area contributed by atoms with Crippen LogP contribution in [0.15, 0.2) is 0 Å². The Bertz CT molecular complexity index is 398. The fourth-order valence-corrected chi connectivity index (χ4v) is 1.95. The van der Waals surface area contributed by atoms with Gasteiger partial charge in [-0.05, 0) is 19.8 Å². The molecule has 0 spiro atoms. The molecule has 0 fully saturated rings. The first-order chi connectivity index (χ1) is 7.51. The maximum absolute atomic E-state index is 9.16. The summed E-state index contributed by atoms with van der Waals surface area (Å²) >= 11 is 0. The van der Waals surface area contributed by atoms with Crippen molar-refractivity contribution in [2.45, 2.75) is 27.7 Å². The maximum atomic E-state index is 9.16. The molecule has 0 unspecified atom stereocenters. The van der Waals surface area contributed by atoms with Crippen molar-refractivity contribution in [3.05, 3.63) is 11.3 Å². The SMILES string of the molecule is CCN(CC(C)C)c1c(C#N)c(C)nn1C. The van der Waals surface area contributed by atoms with Crippen molar-refractivity contribution in [2.75, 3.05) is 18.0 Å². The van der Waals surface area contributed by atoms with E-state index in [0.29, 0.717) is 11.5 Å². The molecule has 1 rings (SSSR count). The second kappa shape index (κ2) is 5.02. The lowest BCUT2D eigenvalue weighted by atomic mass is 10.2. The monoisotopic (exact) mass is 220 g/mol. The molecule has 88 valence electrons. The highest BCUT2D eigenvalue weighted by Crippen LogP contribution is 2.22. The van der Waals surface area contributed by atoms with Crippen molar-refractivity contribution >= 4 is 5.82 Å². The predicted octanol–water partition coefficient (Wildman–Crippen LogP) is 2.08. The van der Waals surface area contributed by atoms with E-state index in [1.54, 1.807) is 4.68 Å². The van der Waals surface area contributed by atoms with Crippen molar-refractivity contribution in [1.82, 2.24) is 9.78 Å². The van der Waals surface area contributed by atoms with Crippen LogP contribution in [0.25, 0.3) is 0 Å². The normalized spacial score (nSPS) is 10.6. The molecular weight excluding hydrogens is 200 g/mol. The molecule has 0 saturated heterocycles. The Morgan fingerprint density at radius 3 is 2.56 bits per heavy atom. The first-order valence-electron chi connectivity index (χ1n) is 5.69. The Labute approximate surface area is 97.5 Å². The summed E-state index contributed by atoms with van der Waals surface area (Å²) in [6, 6.07) is 2.25. The van der Waals surface area contributed by atoms with Gasteiger partial charge in [-0.25, -0.2) is 0 Å². The van der Waals surface area contributed by atoms with E-state index in [1.807, 2.05) is 14.0 Å². The average Bonchev–Trinajstić information content (AvgIpc) is 2.49. The van der Waals surface area contributed by atoms with Gasteiger partial charge < -0.3 is 4.90 Å². The first kappa shape index (κ1) is 12.6. The summed E-state index contributed by atoms with van der Waals surface area (Å²) in [5, 5.41) is 13.5. The van der Waals surface area contributed by atoms with Gasteiger partial charge in [-0.2, -0.15) is 10.4 Å². The van der Waals surface area contributed by atoms with Crippen LogP contribution in [0, 0.1) is 24.2 Å². The van der Waals surface area contributed by atoms with Gasteiger partial charge >= 0.3 is 0 Å². The van der Waals surface area contributed by atoms with Gasteiger partial charge in [0.05, 0.1) is 5.69 Å². The summed E-state index contributed by atoms with van der Waals surface area (Å²) in [5.74, 6) is 1.51. The van der Waals surface area contributed by atoms with Crippen LogP contribution in [-0.4, -0.2) is 22.9 Å². The maximum Gasteiger partial charge on any atom is 0.144 e. The molecule has 0 aliphatic heterocycles. The van der Waals surface area contributed by atoms with Gasteiger partial charge in [0.2, 0.25) is 0 Å². The summed E-state index contributed by atoms with van der Waals surface area (Å²) in [5.41, 5.74) is 1.51. The number of nitriles is 1. The van der Waals surface area contributed by atoms with E-state index in [1.165, 1.54) is 0 Å². The molecule has 0 saturated carbocycles. The minimum atomic E-state index is 0.571. The van der Waals surface area contributed by atoms with Crippen molar-refractivity contribution in [2.24, 2.45) is 13.0 Å².